The highest BCUT2D eigenvalue weighted by Gasteiger charge is 2.06. The molecule has 1 nitrogen and oxygen atoms in total. The first-order valence-corrected chi connectivity index (χ1v) is 5.30. The molecule has 0 saturated heterocycles. The lowest BCUT2D eigenvalue weighted by molar-refractivity contribution is 0.0178. The number of benzene rings is 1. The maximum atomic E-state index is 5.66. The highest BCUT2D eigenvalue weighted by Crippen LogP contribution is 2.20. The largest absolute Gasteiger partial charge is 0.371 e. The first-order chi connectivity index (χ1) is 6.09. The van der Waals surface area contributed by atoms with Crippen LogP contribution in [0.2, 0.25) is 0 Å². The maximum absolute atomic E-state index is 5.66. The first-order valence-electron chi connectivity index (χ1n) is 4.50. The van der Waals surface area contributed by atoms with Crippen LogP contribution in [0.25, 0.3) is 0 Å². The second kappa shape index (κ2) is 4.77. The Balaban J connectivity index is 2.66. The zero-order valence-corrected chi connectivity index (χ0v) is 9.84. The molecule has 1 atom stereocenters. The van der Waals surface area contributed by atoms with Crippen molar-refractivity contribution in [3.8, 4) is 0 Å². The van der Waals surface area contributed by atoms with Crippen molar-refractivity contribution in [3.05, 3.63) is 34.3 Å². The van der Waals surface area contributed by atoms with E-state index in [0.29, 0.717) is 0 Å². The third-order valence-electron chi connectivity index (χ3n) is 1.82. The third kappa shape index (κ3) is 3.49. The molecule has 0 heterocycles. The normalized spacial score (nSPS) is 13.3. The van der Waals surface area contributed by atoms with Crippen LogP contribution in [0.15, 0.2) is 28.7 Å². The SMILES string of the molecule is CC(C)O[C@@H](C)c1ccc(Br)cc1. The zero-order valence-electron chi connectivity index (χ0n) is 8.25. The summed E-state index contributed by atoms with van der Waals surface area (Å²) in [5.41, 5.74) is 1.22. The standard InChI is InChI=1S/C11H15BrO/c1-8(2)13-9(3)10-4-6-11(12)7-5-10/h4-9H,1-3H3/t9-/m0/s1. The van der Waals surface area contributed by atoms with Crippen LogP contribution >= 0.6 is 15.9 Å². The zero-order chi connectivity index (χ0) is 9.84. The van der Waals surface area contributed by atoms with E-state index in [2.05, 4.69) is 48.8 Å². The molecule has 2 heteroatoms. The van der Waals surface area contributed by atoms with E-state index in [1.54, 1.807) is 0 Å². The minimum Gasteiger partial charge on any atom is -0.371 e. The van der Waals surface area contributed by atoms with Gasteiger partial charge in [-0.2, -0.15) is 0 Å². The average molecular weight is 243 g/mol. The molecule has 0 aliphatic heterocycles. The van der Waals surface area contributed by atoms with Crippen molar-refractivity contribution in [1.29, 1.82) is 0 Å². The number of halogens is 1. The van der Waals surface area contributed by atoms with Gasteiger partial charge in [-0.05, 0) is 38.5 Å². The molecular formula is C11H15BrO. The molecule has 0 radical (unpaired) electrons. The molecule has 0 bridgehead atoms. The predicted molar refractivity (Wildman–Crippen MR) is 58.8 cm³/mol. The molecule has 72 valence electrons. The minimum atomic E-state index is 0.174. The van der Waals surface area contributed by atoms with Crippen LogP contribution in [0.3, 0.4) is 0 Å². The summed E-state index contributed by atoms with van der Waals surface area (Å²) in [6.45, 7) is 6.17. The summed E-state index contributed by atoms with van der Waals surface area (Å²) in [7, 11) is 0. The molecule has 1 rings (SSSR count). The summed E-state index contributed by atoms with van der Waals surface area (Å²) in [6, 6.07) is 8.24. The van der Waals surface area contributed by atoms with Crippen LogP contribution in [0.5, 0.6) is 0 Å². The molecule has 0 aliphatic rings. The Kier molecular flexibility index (Phi) is 3.94. The van der Waals surface area contributed by atoms with Crippen molar-refractivity contribution in [1.82, 2.24) is 0 Å². The van der Waals surface area contributed by atoms with Gasteiger partial charge < -0.3 is 4.74 Å². The summed E-state index contributed by atoms with van der Waals surface area (Å²) in [5, 5.41) is 0. The van der Waals surface area contributed by atoms with E-state index in [1.165, 1.54) is 5.56 Å². The van der Waals surface area contributed by atoms with Crippen molar-refractivity contribution in [2.45, 2.75) is 33.0 Å². The second-order valence-corrected chi connectivity index (χ2v) is 4.29. The smallest absolute Gasteiger partial charge is 0.0800 e. The van der Waals surface area contributed by atoms with Crippen molar-refractivity contribution in [2.24, 2.45) is 0 Å². The molecule has 0 unspecified atom stereocenters. The lowest BCUT2D eigenvalue weighted by Crippen LogP contribution is -2.07. The molecule has 0 N–H and O–H groups in total. The fraction of sp³-hybridized carbons (Fsp3) is 0.455. The van der Waals surface area contributed by atoms with Crippen LogP contribution < -0.4 is 0 Å². The molecule has 0 saturated carbocycles. The van der Waals surface area contributed by atoms with Gasteiger partial charge in [0, 0.05) is 4.47 Å². The molecule has 0 spiro atoms. The Morgan fingerprint density at radius 1 is 1.08 bits per heavy atom. The molecule has 0 fully saturated rings. The van der Waals surface area contributed by atoms with E-state index in [1.807, 2.05) is 12.1 Å². The lowest BCUT2D eigenvalue weighted by atomic mass is 10.1. The van der Waals surface area contributed by atoms with E-state index in [4.69, 9.17) is 4.74 Å². The van der Waals surface area contributed by atoms with E-state index >= 15 is 0 Å². The number of rotatable bonds is 3. The van der Waals surface area contributed by atoms with Gasteiger partial charge >= 0.3 is 0 Å². The summed E-state index contributed by atoms with van der Waals surface area (Å²) in [4.78, 5) is 0. The monoisotopic (exact) mass is 242 g/mol. The number of ether oxygens (including phenoxy) is 1. The fourth-order valence-corrected chi connectivity index (χ4v) is 1.48. The second-order valence-electron chi connectivity index (χ2n) is 3.38. The summed E-state index contributed by atoms with van der Waals surface area (Å²) in [5.74, 6) is 0. The van der Waals surface area contributed by atoms with Gasteiger partial charge in [0.25, 0.3) is 0 Å². The van der Waals surface area contributed by atoms with Gasteiger partial charge in [0.15, 0.2) is 0 Å². The van der Waals surface area contributed by atoms with Crippen LogP contribution in [0.1, 0.15) is 32.4 Å². The lowest BCUT2D eigenvalue weighted by Gasteiger charge is -2.16. The summed E-state index contributed by atoms with van der Waals surface area (Å²) < 4.78 is 6.77. The van der Waals surface area contributed by atoms with E-state index < -0.39 is 0 Å². The van der Waals surface area contributed by atoms with Crippen molar-refractivity contribution in [3.63, 3.8) is 0 Å². The van der Waals surface area contributed by atoms with Crippen LogP contribution in [-0.4, -0.2) is 6.10 Å². The molecule has 0 aromatic heterocycles. The highest BCUT2D eigenvalue weighted by molar-refractivity contribution is 9.10. The van der Waals surface area contributed by atoms with Gasteiger partial charge in [0.2, 0.25) is 0 Å². The topological polar surface area (TPSA) is 9.23 Å². The van der Waals surface area contributed by atoms with Crippen LogP contribution in [0, 0.1) is 0 Å². The van der Waals surface area contributed by atoms with Gasteiger partial charge in [-0.15, -0.1) is 0 Å². The Bertz CT molecular complexity index is 253. The molecule has 1 aromatic rings. The van der Waals surface area contributed by atoms with Gasteiger partial charge in [-0.3, -0.25) is 0 Å². The minimum absolute atomic E-state index is 0.174. The quantitative estimate of drug-likeness (QED) is 0.781. The summed E-state index contributed by atoms with van der Waals surface area (Å²) in [6.07, 6.45) is 0.451. The molecule has 0 amide bonds. The Morgan fingerprint density at radius 3 is 2.08 bits per heavy atom. The van der Waals surface area contributed by atoms with E-state index in [-0.39, 0.29) is 12.2 Å². The van der Waals surface area contributed by atoms with Crippen LogP contribution in [0.4, 0.5) is 0 Å². The van der Waals surface area contributed by atoms with E-state index in [0.717, 1.165) is 4.47 Å². The molecular weight excluding hydrogens is 228 g/mol. The first kappa shape index (κ1) is 10.7. The van der Waals surface area contributed by atoms with Gasteiger partial charge in [0.05, 0.1) is 12.2 Å². The average Bonchev–Trinajstić information content (AvgIpc) is 2.04. The molecule has 13 heavy (non-hydrogen) atoms. The Hall–Kier alpha value is -0.340. The number of hydrogen-bond donors (Lipinski definition) is 0. The van der Waals surface area contributed by atoms with Gasteiger partial charge in [-0.25, -0.2) is 0 Å². The highest BCUT2D eigenvalue weighted by atomic mass is 79.9. The van der Waals surface area contributed by atoms with Crippen molar-refractivity contribution >= 4 is 15.9 Å². The fourth-order valence-electron chi connectivity index (χ4n) is 1.22. The van der Waals surface area contributed by atoms with Gasteiger partial charge in [-0.1, -0.05) is 28.1 Å². The van der Waals surface area contributed by atoms with Crippen molar-refractivity contribution in [2.75, 3.05) is 0 Å². The predicted octanol–water partition coefficient (Wildman–Crippen LogP) is 3.94. The van der Waals surface area contributed by atoms with E-state index in [9.17, 15) is 0 Å². The maximum Gasteiger partial charge on any atom is 0.0800 e. The van der Waals surface area contributed by atoms with Gasteiger partial charge in [0.1, 0.15) is 0 Å². The molecule has 0 aliphatic carbocycles. The number of hydrogen-bond acceptors (Lipinski definition) is 1. The Labute approximate surface area is 88.2 Å². The third-order valence-corrected chi connectivity index (χ3v) is 2.34. The van der Waals surface area contributed by atoms with Crippen LogP contribution in [-0.2, 0) is 4.74 Å². The molecule has 1 aromatic carbocycles. The summed E-state index contributed by atoms with van der Waals surface area (Å²) >= 11 is 3.40. The van der Waals surface area contributed by atoms with Crippen molar-refractivity contribution < 1.29 is 4.74 Å². The Morgan fingerprint density at radius 2 is 1.62 bits per heavy atom.